The number of hydrogen-bond acceptors (Lipinski definition) is 5. The summed E-state index contributed by atoms with van der Waals surface area (Å²) < 4.78 is 34.2. The van der Waals surface area contributed by atoms with Crippen LogP contribution in [0, 0.1) is 0 Å². The van der Waals surface area contributed by atoms with Gasteiger partial charge in [0, 0.05) is 55.6 Å². The van der Waals surface area contributed by atoms with E-state index in [2.05, 4.69) is 45.9 Å². The molecule has 2 N–H and O–H groups in total. The maximum Gasteiger partial charge on any atom is 0.430 e. The Bertz CT molecular complexity index is 1970. The van der Waals surface area contributed by atoms with Crippen molar-refractivity contribution in [2.45, 2.75) is 113 Å². The first-order chi connectivity index (χ1) is 24.9. The van der Waals surface area contributed by atoms with Gasteiger partial charge in [-0.1, -0.05) is 25.3 Å². The van der Waals surface area contributed by atoms with E-state index in [4.69, 9.17) is 9.90 Å². The van der Waals surface area contributed by atoms with E-state index in [1.165, 1.54) is 117 Å². The summed E-state index contributed by atoms with van der Waals surface area (Å²) in [4.78, 5) is 36.4. The van der Waals surface area contributed by atoms with E-state index in [1.54, 1.807) is 6.07 Å². The maximum atomic E-state index is 12.7. The van der Waals surface area contributed by atoms with Crippen LogP contribution in [0.3, 0.4) is 0 Å². The third kappa shape index (κ3) is 5.64. The number of carbonyl (C=O) groups excluding carboxylic acids is 1. The minimum atomic E-state index is -5.19. The molecule has 9 rings (SSSR count). The third-order valence-corrected chi connectivity index (χ3v) is 18.1. The number of carboxylic acids is 3. The highest BCUT2D eigenvalue weighted by Gasteiger charge is 2.50. The minimum Gasteiger partial charge on any atom is -0.542 e. The number of rotatable bonds is 4. The molecule has 0 radical (unpaired) electrons. The van der Waals surface area contributed by atoms with Gasteiger partial charge in [0.25, 0.3) is 0 Å². The highest BCUT2D eigenvalue weighted by molar-refractivity contribution is 7.00. The lowest BCUT2D eigenvalue weighted by Crippen LogP contribution is -2.55. The molecule has 6 aliphatic heterocycles. The van der Waals surface area contributed by atoms with Crippen molar-refractivity contribution in [1.82, 2.24) is 0 Å². The zero-order valence-electron chi connectivity index (χ0n) is 28.8. The number of aromatic carboxylic acids is 2. The molecule has 272 valence electrons. The molecule has 2 aromatic carbocycles. The van der Waals surface area contributed by atoms with Crippen molar-refractivity contribution in [2.75, 3.05) is 4.90 Å². The molecule has 0 atom stereocenters. The monoisotopic (exact) mass is 730 g/mol. The summed E-state index contributed by atoms with van der Waals surface area (Å²) in [5, 5.41) is 32.1. The normalized spacial score (nSPS) is 26.6. The number of carboxylic acid groups (broad SMARTS) is 3. The molecule has 8 nitrogen and oxygen atoms in total. The van der Waals surface area contributed by atoms with E-state index in [9.17, 15) is 33.0 Å². The lowest BCUT2D eigenvalue weighted by atomic mass is 9.86. The molecular weight excluding hydrogens is 690 g/mol. The summed E-state index contributed by atoms with van der Waals surface area (Å²) in [5.74, 6) is -5.07. The summed E-state index contributed by atoms with van der Waals surface area (Å²) in [6.07, 6.45) is 15.8. The zero-order chi connectivity index (χ0) is 36.5. The van der Waals surface area contributed by atoms with Crippen molar-refractivity contribution in [3.8, 4) is 0 Å². The van der Waals surface area contributed by atoms with Gasteiger partial charge in [0.2, 0.25) is 0 Å². The van der Waals surface area contributed by atoms with Crippen LogP contribution < -0.4 is 15.2 Å². The molecular formula is C40H41F3N2O6Si. The van der Waals surface area contributed by atoms with Crippen molar-refractivity contribution in [3.63, 3.8) is 0 Å². The SMILES string of the molecule is O=C(O)c1ccc(C(=O)O)c(C2=C3C=CC(=[N+]4C5CCC4CC5)C=C3[Si]3(CCCCC3)c3cc(N4C5CCC4CC5)ccc32)c1.O=C([O-])C(F)(F)F. The van der Waals surface area contributed by atoms with Crippen LogP contribution in [0.2, 0.25) is 12.1 Å². The summed E-state index contributed by atoms with van der Waals surface area (Å²) in [6.45, 7) is 0. The summed E-state index contributed by atoms with van der Waals surface area (Å²) in [6, 6.07) is 16.5. The highest BCUT2D eigenvalue weighted by atomic mass is 28.3. The fraction of sp³-hybridized carbons (Fsp3) is 0.450. The van der Waals surface area contributed by atoms with E-state index in [0.717, 1.165) is 16.7 Å². The zero-order valence-corrected chi connectivity index (χ0v) is 29.8. The van der Waals surface area contributed by atoms with Crippen LogP contribution in [0.4, 0.5) is 18.9 Å². The molecule has 12 heteroatoms. The number of hydrogen-bond donors (Lipinski definition) is 2. The first kappa shape index (κ1) is 34.6. The minimum absolute atomic E-state index is 0.122. The lowest BCUT2D eigenvalue weighted by molar-refractivity contribution is -0.554. The van der Waals surface area contributed by atoms with E-state index < -0.39 is 32.2 Å². The maximum absolute atomic E-state index is 12.7. The second kappa shape index (κ2) is 12.9. The largest absolute Gasteiger partial charge is 0.542 e. The number of anilines is 1. The Hall–Kier alpha value is -4.45. The molecule has 1 aliphatic carbocycles. The van der Waals surface area contributed by atoms with Gasteiger partial charge in [-0.25, -0.2) is 14.2 Å². The van der Waals surface area contributed by atoms with Gasteiger partial charge < -0.3 is 25.0 Å². The molecule has 5 saturated heterocycles. The second-order valence-electron chi connectivity index (χ2n) is 15.4. The summed E-state index contributed by atoms with van der Waals surface area (Å²) >= 11 is 0. The molecule has 6 heterocycles. The second-order valence-corrected chi connectivity index (χ2v) is 19.6. The Labute approximate surface area is 300 Å². The van der Waals surface area contributed by atoms with Gasteiger partial charge in [-0.2, -0.15) is 13.2 Å². The number of fused-ring (bicyclic) bond motifs is 8. The van der Waals surface area contributed by atoms with Crippen LogP contribution in [0.1, 0.15) is 102 Å². The molecule has 5 fully saturated rings. The van der Waals surface area contributed by atoms with E-state index in [1.807, 2.05) is 0 Å². The first-order valence-electron chi connectivity index (χ1n) is 18.5. The van der Waals surface area contributed by atoms with Gasteiger partial charge in [-0.15, -0.1) is 0 Å². The molecule has 2 aromatic rings. The standard InChI is InChI=1S/C38H40N2O4Si.C2HF3O2/c41-37(42)23-4-15-30(38(43)44)33(20-23)36-31-16-13-28(39-24-5-6-25(39)8-7-24)21-34(31)45(18-2-1-3-19-45)35-22-29(14-17-32(35)36)40-26-9-10-27(40)12-11-26;3-2(4,5)1(6)7/h4,13-17,20-22,24-27H,1-3,5-12,18-19H2,(H-,41,42,43,44);(H,6,7). The molecule has 7 aliphatic rings. The Balaban J connectivity index is 0.000000505. The molecule has 0 unspecified atom stereocenters. The van der Waals surface area contributed by atoms with E-state index in [-0.39, 0.29) is 11.1 Å². The van der Waals surface area contributed by atoms with Crippen LogP contribution in [0.5, 0.6) is 0 Å². The van der Waals surface area contributed by atoms with Crippen LogP contribution >= 0.6 is 0 Å². The molecule has 0 amide bonds. The fourth-order valence-corrected chi connectivity index (χ4v) is 16.2. The first-order valence-corrected chi connectivity index (χ1v) is 20.9. The van der Waals surface area contributed by atoms with E-state index >= 15 is 0 Å². The van der Waals surface area contributed by atoms with Gasteiger partial charge in [-0.05, 0) is 107 Å². The molecule has 0 aromatic heterocycles. The van der Waals surface area contributed by atoms with Gasteiger partial charge >= 0.3 is 18.1 Å². The Morgan fingerprint density at radius 2 is 1.40 bits per heavy atom. The number of benzene rings is 2. The van der Waals surface area contributed by atoms with Crippen molar-refractivity contribution < 1.29 is 47.4 Å². The average Bonchev–Trinajstić information content (AvgIpc) is 3.94. The molecule has 52 heavy (non-hydrogen) atoms. The summed E-state index contributed by atoms with van der Waals surface area (Å²) in [7, 11) is -2.22. The third-order valence-electron chi connectivity index (χ3n) is 12.8. The number of nitrogens with zero attached hydrogens (tertiary/aromatic N) is 2. The number of alkyl halides is 3. The Kier molecular flexibility index (Phi) is 8.58. The van der Waals surface area contributed by atoms with Crippen LogP contribution in [0.25, 0.3) is 5.57 Å². The lowest BCUT2D eigenvalue weighted by Gasteiger charge is -2.45. The van der Waals surface area contributed by atoms with Crippen molar-refractivity contribution in [3.05, 3.63) is 87.6 Å². The average molecular weight is 731 g/mol. The van der Waals surface area contributed by atoms with Gasteiger partial charge in [0.05, 0.1) is 11.1 Å². The van der Waals surface area contributed by atoms with Crippen molar-refractivity contribution >= 4 is 48.1 Å². The molecule has 1 spiro atoms. The smallest absolute Gasteiger partial charge is 0.430 e. The van der Waals surface area contributed by atoms with Crippen LogP contribution in [0.15, 0.2) is 65.4 Å². The summed E-state index contributed by atoms with van der Waals surface area (Å²) in [5.41, 5.74) is 6.64. The quantitative estimate of drug-likeness (QED) is 0.293. The van der Waals surface area contributed by atoms with E-state index in [0.29, 0.717) is 29.7 Å². The highest BCUT2D eigenvalue weighted by Crippen LogP contribution is 2.49. The Morgan fingerprint density at radius 1 is 0.788 bits per heavy atom. The predicted octanol–water partition coefficient (Wildman–Crippen LogP) is 5.98. The van der Waals surface area contributed by atoms with Gasteiger partial charge in [0.1, 0.15) is 14.0 Å². The number of halogens is 3. The van der Waals surface area contributed by atoms with Crippen molar-refractivity contribution in [2.24, 2.45) is 0 Å². The Morgan fingerprint density at radius 3 is 1.96 bits per heavy atom. The topological polar surface area (TPSA) is 121 Å². The van der Waals surface area contributed by atoms with Gasteiger partial charge in [-0.3, -0.25) is 0 Å². The van der Waals surface area contributed by atoms with Gasteiger partial charge in [0.15, 0.2) is 17.8 Å². The van der Waals surface area contributed by atoms with Crippen LogP contribution in [-0.2, 0) is 4.79 Å². The molecule has 4 bridgehead atoms. The number of allylic oxidation sites excluding steroid dienone is 5. The fourth-order valence-electron chi connectivity index (χ4n) is 10.6. The van der Waals surface area contributed by atoms with Crippen molar-refractivity contribution in [1.29, 1.82) is 0 Å². The molecule has 0 saturated carbocycles. The predicted molar refractivity (Wildman–Crippen MR) is 190 cm³/mol. The number of aliphatic carboxylic acids is 1. The number of carbonyl (C=O) groups is 3. The van der Waals surface area contributed by atoms with Crippen LogP contribution in [-0.4, -0.2) is 76.8 Å².